The molecule has 1 aromatic rings. The number of aromatic nitrogens is 2. The highest BCUT2D eigenvalue weighted by Gasteiger charge is 2.18. The molecule has 0 aliphatic heterocycles. The van der Waals surface area contributed by atoms with Crippen LogP contribution >= 0.6 is 0 Å². The monoisotopic (exact) mass is 252 g/mol. The van der Waals surface area contributed by atoms with Crippen LogP contribution in [0.25, 0.3) is 0 Å². The smallest absolute Gasteiger partial charge is 0.305 e. The van der Waals surface area contributed by atoms with Crippen LogP contribution in [-0.4, -0.2) is 22.6 Å². The van der Waals surface area contributed by atoms with E-state index >= 15 is 0 Å². The van der Waals surface area contributed by atoms with Gasteiger partial charge in [-0.05, 0) is 24.7 Å². The van der Waals surface area contributed by atoms with E-state index in [-0.39, 0.29) is 11.4 Å². The summed E-state index contributed by atoms with van der Waals surface area (Å²) in [6.45, 7) is 5.45. The van der Waals surface area contributed by atoms with Gasteiger partial charge in [-0.15, -0.1) is 0 Å². The maximum Gasteiger partial charge on any atom is 0.305 e. The van der Waals surface area contributed by atoms with Gasteiger partial charge in [0.2, 0.25) is 0 Å². The van der Waals surface area contributed by atoms with Gasteiger partial charge in [0.25, 0.3) is 0 Å². The maximum absolute atomic E-state index is 11.1. The number of nitrogens with zero attached hydrogens (tertiary/aromatic N) is 2. The molecule has 0 aliphatic rings. The van der Waals surface area contributed by atoms with E-state index < -0.39 is 0 Å². The molecule has 1 aromatic heterocycles. The second kappa shape index (κ2) is 7.19. The maximum atomic E-state index is 11.1. The fourth-order valence-electron chi connectivity index (χ4n) is 1.98. The fraction of sp³-hybridized carbons (Fsp3) is 0.714. The highest BCUT2D eigenvalue weighted by molar-refractivity contribution is 5.69. The summed E-state index contributed by atoms with van der Waals surface area (Å²) in [7, 11) is 1.44. The van der Waals surface area contributed by atoms with Crippen molar-refractivity contribution in [3.8, 4) is 0 Å². The third-order valence-corrected chi connectivity index (χ3v) is 3.31. The van der Waals surface area contributed by atoms with E-state index in [1.54, 1.807) is 6.20 Å². The third-order valence-electron chi connectivity index (χ3n) is 3.31. The number of hydrogen-bond acceptors (Lipinski definition) is 3. The number of imidazole rings is 1. The summed E-state index contributed by atoms with van der Waals surface area (Å²) in [6.07, 6.45) is 10.5. The van der Waals surface area contributed by atoms with Crippen LogP contribution in [0.4, 0.5) is 0 Å². The molecule has 0 saturated heterocycles. The molecular weight excluding hydrogens is 228 g/mol. The van der Waals surface area contributed by atoms with E-state index in [0.29, 0.717) is 6.42 Å². The van der Waals surface area contributed by atoms with Gasteiger partial charge in [-0.3, -0.25) is 4.79 Å². The Morgan fingerprint density at radius 2 is 2.11 bits per heavy atom. The predicted octanol–water partition coefficient (Wildman–Crippen LogP) is 3.03. The number of carbonyl (C=O) groups is 1. The van der Waals surface area contributed by atoms with Crippen molar-refractivity contribution >= 4 is 5.97 Å². The van der Waals surface area contributed by atoms with Gasteiger partial charge in [0, 0.05) is 25.4 Å². The highest BCUT2D eigenvalue weighted by Crippen LogP contribution is 2.29. The van der Waals surface area contributed by atoms with E-state index in [1.807, 2.05) is 12.5 Å². The molecule has 1 rings (SSSR count). The largest absolute Gasteiger partial charge is 0.469 e. The summed E-state index contributed by atoms with van der Waals surface area (Å²) in [5, 5.41) is 0. The zero-order chi connectivity index (χ0) is 13.4. The molecule has 0 unspecified atom stereocenters. The van der Waals surface area contributed by atoms with E-state index in [2.05, 4.69) is 28.1 Å². The number of ether oxygens (including phenoxy) is 1. The lowest BCUT2D eigenvalue weighted by Crippen LogP contribution is -2.14. The Bertz CT molecular complexity index is 345. The van der Waals surface area contributed by atoms with Crippen LogP contribution in [0.15, 0.2) is 18.7 Å². The Morgan fingerprint density at radius 3 is 2.72 bits per heavy atom. The number of carbonyl (C=O) groups excluding carboxylic acids is 1. The average Bonchev–Trinajstić information content (AvgIpc) is 2.85. The van der Waals surface area contributed by atoms with Gasteiger partial charge in [0.15, 0.2) is 0 Å². The Kier molecular flexibility index (Phi) is 5.89. The molecule has 18 heavy (non-hydrogen) atoms. The van der Waals surface area contributed by atoms with Gasteiger partial charge in [-0.2, -0.15) is 0 Å². The molecule has 4 heteroatoms. The second-order valence-electron chi connectivity index (χ2n) is 5.50. The van der Waals surface area contributed by atoms with Crippen LogP contribution in [0.3, 0.4) is 0 Å². The van der Waals surface area contributed by atoms with E-state index in [0.717, 1.165) is 25.8 Å². The van der Waals surface area contributed by atoms with Gasteiger partial charge in [0.05, 0.1) is 13.4 Å². The Morgan fingerprint density at radius 1 is 1.33 bits per heavy atom. The first-order chi connectivity index (χ1) is 8.53. The van der Waals surface area contributed by atoms with Crippen LogP contribution < -0.4 is 0 Å². The Balaban J connectivity index is 2.14. The normalized spacial score (nSPS) is 11.5. The van der Waals surface area contributed by atoms with Crippen molar-refractivity contribution in [2.75, 3.05) is 7.11 Å². The third kappa shape index (κ3) is 5.84. The number of hydrogen-bond donors (Lipinski definition) is 0. The lowest BCUT2D eigenvalue weighted by molar-refractivity contribution is -0.141. The summed E-state index contributed by atoms with van der Waals surface area (Å²) >= 11 is 0. The zero-order valence-corrected chi connectivity index (χ0v) is 11.7. The molecule has 0 saturated carbocycles. The quantitative estimate of drug-likeness (QED) is 0.527. The number of esters is 1. The van der Waals surface area contributed by atoms with Crippen LogP contribution in [0, 0.1) is 5.41 Å². The van der Waals surface area contributed by atoms with Gasteiger partial charge in [-0.25, -0.2) is 4.98 Å². The van der Waals surface area contributed by atoms with Crippen LogP contribution in [-0.2, 0) is 16.1 Å². The van der Waals surface area contributed by atoms with Gasteiger partial charge >= 0.3 is 5.97 Å². The number of unbranched alkanes of at least 4 members (excludes halogenated alkanes) is 1. The van der Waals surface area contributed by atoms with Crippen LogP contribution in [0.1, 0.15) is 46.0 Å². The van der Waals surface area contributed by atoms with Crippen LogP contribution in [0.5, 0.6) is 0 Å². The zero-order valence-electron chi connectivity index (χ0n) is 11.7. The van der Waals surface area contributed by atoms with Crippen molar-refractivity contribution in [2.45, 2.75) is 52.5 Å². The molecule has 1 heterocycles. The minimum atomic E-state index is -0.110. The summed E-state index contributed by atoms with van der Waals surface area (Å²) in [5.74, 6) is -0.110. The summed E-state index contributed by atoms with van der Waals surface area (Å²) < 4.78 is 6.77. The summed E-state index contributed by atoms with van der Waals surface area (Å²) in [6, 6.07) is 0. The number of aryl methyl sites for hydroxylation is 1. The molecule has 4 nitrogen and oxygen atoms in total. The summed E-state index contributed by atoms with van der Waals surface area (Å²) in [5.41, 5.74) is 0.211. The minimum Gasteiger partial charge on any atom is -0.469 e. The van der Waals surface area contributed by atoms with E-state index in [4.69, 9.17) is 0 Å². The SMILES string of the molecule is COC(=O)CCC(C)(C)CCCCn1ccnc1. The van der Waals surface area contributed by atoms with E-state index in [1.165, 1.54) is 13.5 Å². The molecule has 0 aliphatic carbocycles. The average molecular weight is 252 g/mol. The molecule has 0 bridgehead atoms. The van der Waals surface area contributed by atoms with Crippen molar-refractivity contribution < 1.29 is 9.53 Å². The Labute approximate surface area is 109 Å². The molecular formula is C14H24N2O2. The van der Waals surface area contributed by atoms with Gasteiger partial charge in [0.1, 0.15) is 0 Å². The molecule has 0 fully saturated rings. The first-order valence-corrected chi connectivity index (χ1v) is 6.56. The van der Waals surface area contributed by atoms with Crippen molar-refractivity contribution in [1.82, 2.24) is 9.55 Å². The minimum absolute atomic E-state index is 0.110. The topological polar surface area (TPSA) is 44.1 Å². The molecule has 0 atom stereocenters. The fourth-order valence-corrected chi connectivity index (χ4v) is 1.98. The first-order valence-electron chi connectivity index (χ1n) is 6.56. The van der Waals surface area contributed by atoms with Crippen molar-refractivity contribution in [2.24, 2.45) is 5.41 Å². The number of rotatable bonds is 8. The predicted molar refractivity (Wildman–Crippen MR) is 71.1 cm³/mol. The van der Waals surface area contributed by atoms with Crippen molar-refractivity contribution in [3.05, 3.63) is 18.7 Å². The molecule has 0 spiro atoms. The molecule has 102 valence electrons. The van der Waals surface area contributed by atoms with Crippen molar-refractivity contribution in [1.29, 1.82) is 0 Å². The molecule has 0 aromatic carbocycles. The molecule has 0 amide bonds. The lowest BCUT2D eigenvalue weighted by atomic mass is 9.83. The first kappa shape index (κ1) is 14.7. The lowest BCUT2D eigenvalue weighted by Gasteiger charge is -2.24. The summed E-state index contributed by atoms with van der Waals surface area (Å²) in [4.78, 5) is 15.1. The second-order valence-corrected chi connectivity index (χ2v) is 5.50. The van der Waals surface area contributed by atoms with Gasteiger partial charge in [-0.1, -0.05) is 20.3 Å². The molecule has 0 radical (unpaired) electrons. The standard InChI is InChI=1S/C14H24N2O2/c1-14(2,8-6-13(17)18-3)7-4-5-10-16-11-9-15-12-16/h9,11-12H,4-8,10H2,1-3H3. The molecule has 0 N–H and O–H groups in total. The number of methoxy groups -OCH3 is 1. The Hall–Kier alpha value is -1.32. The van der Waals surface area contributed by atoms with Gasteiger partial charge < -0.3 is 9.30 Å². The van der Waals surface area contributed by atoms with Crippen molar-refractivity contribution in [3.63, 3.8) is 0 Å². The van der Waals surface area contributed by atoms with E-state index in [9.17, 15) is 4.79 Å². The highest BCUT2D eigenvalue weighted by atomic mass is 16.5. The van der Waals surface area contributed by atoms with Crippen LogP contribution in [0.2, 0.25) is 0 Å².